The van der Waals surface area contributed by atoms with Gasteiger partial charge in [-0.05, 0) is 68.0 Å². The van der Waals surface area contributed by atoms with Gasteiger partial charge in [0.05, 0.1) is 24.9 Å². The molecule has 0 saturated carbocycles. The minimum absolute atomic E-state index is 0.133. The molecule has 4 aromatic rings. The summed E-state index contributed by atoms with van der Waals surface area (Å²) in [5.74, 6) is 0.691. The van der Waals surface area contributed by atoms with Crippen LogP contribution in [0.1, 0.15) is 44.4 Å². The van der Waals surface area contributed by atoms with Gasteiger partial charge in [0.15, 0.2) is 0 Å². The lowest BCUT2D eigenvalue weighted by atomic mass is 9.92. The van der Waals surface area contributed by atoms with Gasteiger partial charge < -0.3 is 9.47 Å². The van der Waals surface area contributed by atoms with Crippen molar-refractivity contribution in [1.29, 1.82) is 0 Å². The van der Waals surface area contributed by atoms with Gasteiger partial charge in [0.25, 0.3) is 0 Å². The summed E-state index contributed by atoms with van der Waals surface area (Å²) in [5, 5.41) is 5.14. The van der Waals surface area contributed by atoms with Crippen molar-refractivity contribution >= 4 is 11.5 Å². The Morgan fingerprint density at radius 1 is 0.941 bits per heavy atom. The van der Waals surface area contributed by atoms with Crippen molar-refractivity contribution in [3.8, 4) is 28.1 Å². The van der Waals surface area contributed by atoms with Gasteiger partial charge in [0, 0.05) is 23.2 Å². The van der Waals surface area contributed by atoms with E-state index in [1.807, 2.05) is 37.3 Å². The molecule has 4 rings (SSSR count). The number of esters is 1. The lowest BCUT2D eigenvalue weighted by Crippen LogP contribution is -2.07. The quantitative estimate of drug-likeness (QED) is 0.201. The van der Waals surface area contributed by atoms with Gasteiger partial charge in [-0.2, -0.15) is 5.10 Å². The zero-order valence-electron chi connectivity index (χ0n) is 20.2. The standard InChI is InChI=1S/C29H32N2O3/c1-4-23-18-19-26-28(22-14-11-15-24(20-22)33-3)25(16-9-10-17-27(32)34-5-2)29(30-31(23)26)21-12-7-6-8-13-21/h6-8,11-15,18-20H,4-5,9-10,16-17H2,1-3H3. The number of aromatic nitrogens is 2. The first-order chi connectivity index (χ1) is 16.7. The zero-order chi connectivity index (χ0) is 23.9. The molecule has 5 nitrogen and oxygen atoms in total. The number of fused-ring (bicyclic) bond motifs is 1. The minimum Gasteiger partial charge on any atom is -0.497 e. The molecule has 176 valence electrons. The van der Waals surface area contributed by atoms with E-state index in [2.05, 4.69) is 47.8 Å². The smallest absolute Gasteiger partial charge is 0.305 e. The maximum Gasteiger partial charge on any atom is 0.305 e. The van der Waals surface area contributed by atoms with Gasteiger partial charge in [-0.1, -0.05) is 49.4 Å². The molecule has 0 unspecified atom stereocenters. The van der Waals surface area contributed by atoms with E-state index in [1.165, 1.54) is 16.8 Å². The molecular formula is C29H32N2O3. The molecule has 0 amide bonds. The summed E-state index contributed by atoms with van der Waals surface area (Å²) in [6.45, 7) is 4.42. The zero-order valence-corrected chi connectivity index (χ0v) is 20.2. The largest absolute Gasteiger partial charge is 0.497 e. The van der Waals surface area contributed by atoms with Gasteiger partial charge in [0.1, 0.15) is 5.75 Å². The number of hydrogen-bond donors (Lipinski definition) is 0. The van der Waals surface area contributed by atoms with Crippen LogP contribution in [0.5, 0.6) is 5.75 Å². The molecule has 0 aliphatic carbocycles. The van der Waals surface area contributed by atoms with Crippen molar-refractivity contribution in [2.75, 3.05) is 13.7 Å². The predicted octanol–water partition coefficient (Wildman–Crippen LogP) is 6.52. The Bertz CT molecular complexity index is 1260. The predicted molar refractivity (Wildman–Crippen MR) is 136 cm³/mol. The average molecular weight is 457 g/mol. The second-order valence-electron chi connectivity index (χ2n) is 8.29. The van der Waals surface area contributed by atoms with E-state index in [0.29, 0.717) is 13.0 Å². The van der Waals surface area contributed by atoms with Gasteiger partial charge in [0.2, 0.25) is 0 Å². The van der Waals surface area contributed by atoms with Crippen LogP contribution in [0.4, 0.5) is 0 Å². The number of carbonyl (C=O) groups is 1. The highest BCUT2D eigenvalue weighted by atomic mass is 16.5. The fraction of sp³-hybridized carbons (Fsp3) is 0.310. The summed E-state index contributed by atoms with van der Waals surface area (Å²) < 4.78 is 12.7. The molecule has 2 aromatic heterocycles. The van der Waals surface area contributed by atoms with Crippen LogP contribution in [-0.4, -0.2) is 29.3 Å². The van der Waals surface area contributed by atoms with Crippen molar-refractivity contribution in [3.05, 3.63) is 78.0 Å². The Morgan fingerprint density at radius 3 is 2.47 bits per heavy atom. The topological polar surface area (TPSA) is 52.8 Å². The molecule has 0 saturated heterocycles. The Kier molecular flexibility index (Phi) is 7.63. The Morgan fingerprint density at radius 2 is 1.74 bits per heavy atom. The van der Waals surface area contributed by atoms with Crippen LogP contribution in [0.25, 0.3) is 27.9 Å². The van der Waals surface area contributed by atoms with E-state index in [-0.39, 0.29) is 5.97 Å². The van der Waals surface area contributed by atoms with Gasteiger partial charge >= 0.3 is 5.97 Å². The molecular weight excluding hydrogens is 424 g/mol. The molecule has 34 heavy (non-hydrogen) atoms. The summed E-state index contributed by atoms with van der Waals surface area (Å²) in [6.07, 6.45) is 3.79. The summed E-state index contributed by atoms with van der Waals surface area (Å²) in [5.41, 5.74) is 7.79. The second-order valence-corrected chi connectivity index (χ2v) is 8.29. The van der Waals surface area contributed by atoms with E-state index >= 15 is 0 Å². The van der Waals surface area contributed by atoms with Crippen LogP contribution in [0.3, 0.4) is 0 Å². The lowest BCUT2D eigenvalue weighted by molar-refractivity contribution is -0.143. The maximum atomic E-state index is 11.9. The fourth-order valence-corrected chi connectivity index (χ4v) is 4.46. The molecule has 0 atom stereocenters. The average Bonchev–Trinajstić information content (AvgIpc) is 3.29. The van der Waals surface area contributed by atoms with E-state index in [9.17, 15) is 4.79 Å². The second kappa shape index (κ2) is 11.0. The van der Waals surface area contributed by atoms with Crippen molar-refractivity contribution in [2.45, 2.75) is 46.0 Å². The van der Waals surface area contributed by atoms with E-state index in [1.54, 1.807) is 7.11 Å². The first kappa shape index (κ1) is 23.6. The number of rotatable bonds is 10. The third-order valence-corrected chi connectivity index (χ3v) is 6.11. The number of benzene rings is 2. The van der Waals surface area contributed by atoms with E-state index in [0.717, 1.165) is 53.8 Å². The molecule has 2 heterocycles. The molecule has 0 aliphatic rings. The SMILES string of the molecule is CCOC(=O)CCCCc1c(-c2ccccc2)nn2c(CC)ccc2c1-c1cccc(OC)c1. The van der Waals surface area contributed by atoms with Gasteiger partial charge in [-0.3, -0.25) is 4.79 Å². The van der Waals surface area contributed by atoms with Gasteiger partial charge in [-0.25, -0.2) is 4.52 Å². The molecule has 0 N–H and O–H groups in total. The van der Waals surface area contributed by atoms with Crippen LogP contribution in [0.2, 0.25) is 0 Å². The van der Waals surface area contributed by atoms with E-state index < -0.39 is 0 Å². The number of nitrogens with zero attached hydrogens (tertiary/aromatic N) is 2. The van der Waals surface area contributed by atoms with Crippen LogP contribution in [0.15, 0.2) is 66.7 Å². The Hall–Kier alpha value is -3.60. The van der Waals surface area contributed by atoms with Crippen LogP contribution < -0.4 is 4.74 Å². The molecule has 0 spiro atoms. The number of hydrogen-bond acceptors (Lipinski definition) is 4. The first-order valence-corrected chi connectivity index (χ1v) is 12.0. The molecule has 0 radical (unpaired) electrons. The molecule has 5 heteroatoms. The third kappa shape index (κ3) is 4.98. The van der Waals surface area contributed by atoms with Gasteiger partial charge in [-0.15, -0.1) is 0 Å². The van der Waals surface area contributed by atoms with Crippen molar-refractivity contribution in [2.24, 2.45) is 0 Å². The normalized spacial score (nSPS) is 11.0. The number of ether oxygens (including phenoxy) is 2. The molecule has 0 fully saturated rings. The molecule has 0 aliphatic heterocycles. The summed E-state index contributed by atoms with van der Waals surface area (Å²) in [7, 11) is 1.69. The van der Waals surface area contributed by atoms with Crippen molar-refractivity contribution in [1.82, 2.24) is 9.61 Å². The first-order valence-electron chi connectivity index (χ1n) is 12.0. The van der Waals surface area contributed by atoms with Crippen LogP contribution in [-0.2, 0) is 22.4 Å². The third-order valence-electron chi connectivity index (χ3n) is 6.11. The highest BCUT2D eigenvalue weighted by molar-refractivity contribution is 5.88. The van der Waals surface area contributed by atoms with Crippen molar-refractivity contribution < 1.29 is 14.3 Å². The Balaban J connectivity index is 1.87. The Labute approximate surface area is 201 Å². The monoisotopic (exact) mass is 456 g/mol. The van der Waals surface area contributed by atoms with Crippen LogP contribution in [0, 0.1) is 0 Å². The lowest BCUT2D eigenvalue weighted by Gasteiger charge is -2.18. The molecule has 0 bridgehead atoms. The van der Waals surface area contributed by atoms with Crippen molar-refractivity contribution in [3.63, 3.8) is 0 Å². The number of aryl methyl sites for hydroxylation is 1. The summed E-state index contributed by atoms with van der Waals surface area (Å²) >= 11 is 0. The fourth-order valence-electron chi connectivity index (χ4n) is 4.46. The number of unbranched alkanes of at least 4 members (excludes halogenated alkanes) is 1. The van der Waals surface area contributed by atoms with E-state index in [4.69, 9.17) is 14.6 Å². The summed E-state index contributed by atoms with van der Waals surface area (Å²) in [6, 6.07) is 22.9. The molecule has 2 aromatic carbocycles. The van der Waals surface area contributed by atoms with Crippen LogP contribution >= 0.6 is 0 Å². The highest BCUT2D eigenvalue weighted by Gasteiger charge is 2.20. The minimum atomic E-state index is -0.133. The summed E-state index contributed by atoms with van der Waals surface area (Å²) in [4.78, 5) is 11.9. The maximum absolute atomic E-state index is 11.9. The number of carbonyl (C=O) groups excluding carboxylic acids is 1. The number of methoxy groups -OCH3 is 1. The highest BCUT2D eigenvalue weighted by Crippen LogP contribution is 2.37.